The lowest BCUT2D eigenvalue weighted by Crippen LogP contribution is -2.62. The van der Waals surface area contributed by atoms with Crippen LogP contribution in [0, 0.1) is 0 Å². The van der Waals surface area contributed by atoms with Gasteiger partial charge in [-0.05, 0) is 12.8 Å². The standard InChI is InChI=1S/C9H14F2O4/c1-15-6-4-2-3-5-8(6,14)9(10,11)7(12)13/h6,14H,2-5H2,1H3,(H,12,13). The van der Waals surface area contributed by atoms with Crippen LogP contribution in [0.15, 0.2) is 0 Å². The average molecular weight is 224 g/mol. The average Bonchev–Trinajstić information content (AvgIpc) is 2.18. The molecule has 2 N–H and O–H groups in total. The molecule has 2 atom stereocenters. The second-order valence-corrected chi connectivity index (χ2v) is 3.77. The molecule has 0 radical (unpaired) electrons. The first-order valence-corrected chi connectivity index (χ1v) is 4.72. The molecule has 2 unspecified atom stereocenters. The molecule has 88 valence electrons. The summed E-state index contributed by atoms with van der Waals surface area (Å²) < 4.78 is 31.4. The molecule has 0 saturated heterocycles. The van der Waals surface area contributed by atoms with Crippen molar-refractivity contribution in [2.24, 2.45) is 0 Å². The van der Waals surface area contributed by atoms with Gasteiger partial charge in [0.05, 0.1) is 6.10 Å². The van der Waals surface area contributed by atoms with Crippen LogP contribution in [0.3, 0.4) is 0 Å². The molecule has 1 fully saturated rings. The second kappa shape index (κ2) is 4.02. The van der Waals surface area contributed by atoms with Crippen molar-refractivity contribution < 1.29 is 28.5 Å². The number of carbonyl (C=O) groups is 1. The molecular weight excluding hydrogens is 210 g/mol. The summed E-state index contributed by atoms with van der Waals surface area (Å²) >= 11 is 0. The number of carboxylic acid groups (broad SMARTS) is 1. The number of aliphatic carboxylic acids is 1. The molecule has 0 bridgehead atoms. The number of ether oxygens (including phenoxy) is 1. The van der Waals surface area contributed by atoms with Crippen LogP contribution in [-0.4, -0.2) is 40.9 Å². The Morgan fingerprint density at radius 1 is 1.53 bits per heavy atom. The third-order valence-electron chi connectivity index (χ3n) is 2.90. The molecule has 4 nitrogen and oxygen atoms in total. The van der Waals surface area contributed by atoms with E-state index in [1.54, 1.807) is 0 Å². The van der Waals surface area contributed by atoms with Crippen LogP contribution in [0.25, 0.3) is 0 Å². The van der Waals surface area contributed by atoms with Gasteiger partial charge in [-0.25, -0.2) is 4.79 Å². The van der Waals surface area contributed by atoms with E-state index < -0.39 is 23.6 Å². The Balaban J connectivity index is 3.00. The van der Waals surface area contributed by atoms with Crippen molar-refractivity contribution in [1.82, 2.24) is 0 Å². The first kappa shape index (κ1) is 12.3. The van der Waals surface area contributed by atoms with E-state index in [0.717, 1.165) is 0 Å². The SMILES string of the molecule is COC1CCCCC1(O)C(F)(F)C(=O)O. The Morgan fingerprint density at radius 2 is 2.13 bits per heavy atom. The Bertz CT molecular complexity index is 256. The van der Waals surface area contributed by atoms with E-state index in [2.05, 4.69) is 0 Å². The van der Waals surface area contributed by atoms with E-state index in [0.29, 0.717) is 12.8 Å². The maximum Gasteiger partial charge on any atom is 0.377 e. The van der Waals surface area contributed by atoms with Gasteiger partial charge in [-0.1, -0.05) is 12.8 Å². The Kier molecular flexibility index (Phi) is 3.30. The molecule has 1 aliphatic rings. The van der Waals surface area contributed by atoms with Crippen molar-refractivity contribution in [2.75, 3.05) is 7.11 Å². The maximum atomic E-state index is 13.3. The fraction of sp³-hybridized carbons (Fsp3) is 0.889. The first-order valence-electron chi connectivity index (χ1n) is 4.72. The van der Waals surface area contributed by atoms with Gasteiger partial charge < -0.3 is 14.9 Å². The molecule has 0 heterocycles. The van der Waals surface area contributed by atoms with Crippen molar-refractivity contribution in [3.05, 3.63) is 0 Å². The van der Waals surface area contributed by atoms with Gasteiger partial charge in [0.15, 0.2) is 5.60 Å². The second-order valence-electron chi connectivity index (χ2n) is 3.77. The van der Waals surface area contributed by atoms with Crippen molar-refractivity contribution >= 4 is 5.97 Å². The normalized spacial score (nSPS) is 32.7. The van der Waals surface area contributed by atoms with Crippen LogP contribution < -0.4 is 0 Å². The summed E-state index contributed by atoms with van der Waals surface area (Å²) in [4.78, 5) is 10.4. The lowest BCUT2D eigenvalue weighted by Gasteiger charge is -2.41. The van der Waals surface area contributed by atoms with E-state index in [9.17, 15) is 18.7 Å². The number of hydrogen-bond acceptors (Lipinski definition) is 3. The van der Waals surface area contributed by atoms with Crippen LogP contribution in [0.4, 0.5) is 8.78 Å². The summed E-state index contributed by atoms with van der Waals surface area (Å²) in [5, 5.41) is 18.2. The molecule has 0 aromatic rings. The van der Waals surface area contributed by atoms with Crippen molar-refractivity contribution in [3.63, 3.8) is 0 Å². The van der Waals surface area contributed by atoms with Gasteiger partial charge >= 0.3 is 11.9 Å². The summed E-state index contributed by atoms with van der Waals surface area (Å²) in [5.74, 6) is -6.48. The molecule has 0 aliphatic heterocycles. The van der Waals surface area contributed by atoms with Gasteiger partial charge in [-0.15, -0.1) is 0 Å². The number of aliphatic hydroxyl groups is 1. The third kappa shape index (κ3) is 1.83. The lowest BCUT2D eigenvalue weighted by atomic mass is 9.77. The van der Waals surface area contributed by atoms with Crippen LogP contribution in [0.1, 0.15) is 25.7 Å². The number of alkyl halides is 2. The highest BCUT2D eigenvalue weighted by Crippen LogP contribution is 2.42. The van der Waals surface area contributed by atoms with Gasteiger partial charge in [-0.3, -0.25) is 0 Å². The number of carboxylic acids is 1. The Morgan fingerprint density at radius 3 is 2.60 bits per heavy atom. The predicted octanol–water partition coefficient (Wildman–Crippen LogP) is 1.03. The molecule has 1 aliphatic carbocycles. The van der Waals surface area contributed by atoms with Crippen molar-refractivity contribution in [1.29, 1.82) is 0 Å². The molecule has 6 heteroatoms. The topological polar surface area (TPSA) is 66.8 Å². The van der Waals surface area contributed by atoms with Gasteiger partial charge in [0, 0.05) is 7.11 Å². The Labute approximate surface area is 85.8 Å². The molecule has 1 saturated carbocycles. The van der Waals surface area contributed by atoms with Gasteiger partial charge in [0.1, 0.15) is 0 Å². The number of methoxy groups -OCH3 is 1. The summed E-state index contributed by atoms with van der Waals surface area (Å²) in [5.41, 5.74) is -2.59. The van der Waals surface area contributed by atoms with Crippen LogP contribution in [0.5, 0.6) is 0 Å². The summed E-state index contributed by atoms with van der Waals surface area (Å²) in [6, 6.07) is 0. The molecule has 0 aromatic carbocycles. The van der Waals surface area contributed by atoms with Gasteiger partial charge in [-0.2, -0.15) is 8.78 Å². The fourth-order valence-electron chi connectivity index (χ4n) is 1.98. The molecular formula is C9H14F2O4. The lowest BCUT2D eigenvalue weighted by molar-refractivity contribution is -0.247. The van der Waals surface area contributed by atoms with E-state index in [1.165, 1.54) is 7.11 Å². The zero-order chi connectivity index (χ0) is 11.7. The molecule has 1 rings (SSSR count). The molecule has 15 heavy (non-hydrogen) atoms. The number of rotatable bonds is 3. The largest absolute Gasteiger partial charge is 0.477 e. The minimum absolute atomic E-state index is 0.246. The van der Waals surface area contributed by atoms with E-state index >= 15 is 0 Å². The summed E-state index contributed by atoms with van der Waals surface area (Å²) in [6.45, 7) is 0. The number of hydrogen-bond donors (Lipinski definition) is 2. The van der Waals surface area contributed by atoms with Crippen LogP contribution >= 0.6 is 0 Å². The minimum Gasteiger partial charge on any atom is -0.477 e. The quantitative estimate of drug-likeness (QED) is 0.751. The van der Waals surface area contributed by atoms with Crippen molar-refractivity contribution in [2.45, 2.75) is 43.3 Å². The summed E-state index contributed by atoms with van der Waals surface area (Å²) in [6.07, 6.45) is -0.117. The van der Waals surface area contributed by atoms with E-state index in [1.807, 2.05) is 0 Å². The highest BCUT2D eigenvalue weighted by atomic mass is 19.3. The monoisotopic (exact) mass is 224 g/mol. The fourth-order valence-corrected chi connectivity index (χ4v) is 1.98. The summed E-state index contributed by atoms with van der Waals surface area (Å²) in [7, 11) is 1.19. The van der Waals surface area contributed by atoms with Crippen LogP contribution in [-0.2, 0) is 9.53 Å². The molecule has 0 spiro atoms. The van der Waals surface area contributed by atoms with E-state index in [4.69, 9.17) is 9.84 Å². The Hall–Kier alpha value is -0.750. The third-order valence-corrected chi connectivity index (χ3v) is 2.90. The number of halogens is 2. The predicted molar refractivity (Wildman–Crippen MR) is 46.8 cm³/mol. The highest BCUT2D eigenvalue weighted by molar-refractivity contribution is 5.77. The minimum atomic E-state index is -4.17. The first-order chi connectivity index (χ1) is 6.86. The maximum absolute atomic E-state index is 13.3. The zero-order valence-corrected chi connectivity index (χ0v) is 8.37. The van der Waals surface area contributed by atoms with E-state index in [-0.39, 0.29) is 12.8 Å². The van der Waals surface area contributed by atoms with Crippen molar-refractivity contribution in [3.8, 4) is 0 Å². The smallest absolute Gasteiger partial charge is 0.377 e. The molecule has 0 aromatic heterocycles. The zero-order valence-electron chi connectivity index (χ0n) is 8.37. The van der Waals surface area contributed by atoms with Gasteiger partial charge in [0.25, 0.3) is 0 Å². The molecule has 0 amide bonds. The van der Waals surface area contributed by atoms with Gasteiger partial charge in [0.2, 0.25) is 0 Å². The highest BCUT2D eigenvalue weighted by Gasteiger charge is 2.63. The van der Waals surface area contributed by atoms with Crippen LogP contribution in [0.2, 0.25) is 0 Å².